The number of hydrogen-bond donors (Lipinski definition) is 3. The maximum Gasteiger partial charge on any atom is 0.358 e. The fourth-order valence-electron chi connectivity index (χ4n) is 1.27. The minimum atomic E-state index is -1.15. The fourth-order valence-corrected chi connectivity index (χ4v) is 1.27. The maximum atomic E-state index is 10.9. The Morgan fingerprint density at radius 1 is 1.12 bits per heavy atom. The molecule has 0 radical (unpaired) electrons. The number of carboxylic acid groups (broad SMARTS) is 1. The summed E-state index contributed by atoms with van der Waals surface area (Å²) in [4.78, 5) is 18.5. The van der Waals surface area contributed by atoms with Crippen molar-refractivity contribution in [3.8, 4) is 5.75 Å². The minimum absolute atomic E-state index is 0.133. The third-order valence-electron chi connectivity index (χ3n) is 2.03. The van der Waals surface area contributed by atoms with Gasteiger partial charge in [0.1, 0.15) is 5.75 Å². The van der Waals surface area contributed by atoms with Gasteiger partial charge in [0.05, 0.1) is 0 Å². The molecule has 3 N–H and O–H groups in total. The van der Waals surface area contributed by atoms with E-state index in [2.05, 4.69) is 15.3 Å². The topological polar surface area (TPSA) is 95.3 Å². The highest BCUT2D eigenvalue weighted by atomic mass is 16.4. The molecule has 1 aromatic carbocycles. The van der Waals surface area contributed by atoms with Crippen molar-refractivity contribution in [3.05, 3.63) is 42.4 Å². The first-order chi connectivity index (χ1) is 8.16. The van der Waals surface area contributed by atoms with Gasteiger partial charge in [-0.1, -0.05) is 0 Å². The molecule has 0 amide bonds. The molecule has 2 aromatic rings. The number of rotatable bonds is 3. The van der Waals surface area contributed by atoms with Gasteiger partial charge in [0.25, 0.3) is 0 Å². The standard InChI is InChI=1S/C11H9N3O3/c15-8-3-1-7(2-4-8)14-10-9(11(16)17)12-5-6-13-10/h1-6,15H,(H,13,14)(H,16,17). The van der Waals surface area contributed by atoms with Crippen LogP contribution < -0.4 is 5.32 Å². The minimum Gasteiger partial charge on any atom is -0.508 e. The number of anilines is 2. The van der Waals surface area contributed by atoms with E-state index in [9.17, 15) is 4.79 Å². The Hall–Kier alpha value is -2.63. The van der Waals surface area contributed by atoms with E-state index in [4.69, 9.17) is 10.2 Å². The molecule has 86 valence electrons. The predicted molar refractivity (Wildman–Crippen MR) is 60.4 cm³/mol. The molecular weight excluding hydrogens is 222 g/mol. The van der Waals surface area contributed by atoms with Gasteiger partial charge in [-0.15, -0.1) is 0 Å². The van der Waals surface area contributed by atoms with Crippen molar-refractivity contribution in [3.63, 3.8) is 0 Å². The average Bonchev–Trinajstić information content (AvgIpc) is 2.32. The first-order valence-electron chi connectivity index (χ1n) is 4.77. The number of phenolic OH excluding ortho intramolecular Hbond substituents is 1. The number of nitrogens with one attached hydrogen (secondary N) is 1. The Labute approximate surface area is 96.6 Å². The zero-order valence-corrected chi connectivity index (χ0v) is 8.66. The maximum absolute atomic E-state index is 10.9. The summed E-state index contributed by atoms with van der Waals surface area (Å²) in [6.45, 7) is 0. The van der Waals surface area contributed by atoms with Crippen molar-refractivity contribution in [1.29, 1.82) is 0 Å². The molecule has 0 aliphatic heterocycles. The van der Waals surface area contributed by atoms with E-state index in [1.165, 1.54) is 24.5 Å². The van der Waals surface area contributed by atoms with Crippen LogP contribution in [-0.2, 0) is 0 Å². The molecule has 1 aromatic heterocycles. The van der Waals surface area contributed by atoms with Crippen molar-refractivity contribution >= 4 is 17.5 Å². The van der Waals surface area contributed by atoms with Crippen LogP contribution in [0.3, 0.4) is 0 Å². The number of aromatic hydroxyl groups is 1. The zero-order chi connectivity index (χ0) is 12.3. The van der Waals surface area contributed by atoms with E-state index < -0.39 is 5.97 Å². The number of benzene rings is 1. The molecule has 2 rings (SSSR count). The molecule has 6 heteroatoms. The van der Waals surface area contributed by atoms with Gasteiger partial charge in [-0.2, -0.15) is 0 Å². The molecule has 0 bridgehead atoms. The van der Waals surface area contributed by atoms with Crippen LogP contribution in [0.5, 0.6) is 5.75 Å². The van der Waals surface area contributed by atoms with Crippen molar-refractivity contribution in [2.45, 2.75) is 0 Å². The second-order valence-electron chi connectivity index (χ2n) is 3.23. The van der Waals surface area contributed by atoms with Crippen molar-refractivity contribution in [2.75, 3.05) is 5.32 Å². The number of phenols is 1. The summed E-state index contributed by atoms with van der Waals surface area (Å²) >= 11 is 0. The molecule has 0 aliphatic carbocycles. The predicted octanol–water partition coefficient (Wildman–Crippen LogP) is 1.62. The molecule has 0 aliphatic rings. The first-order valence-corrected chi connectivity index (χ1v) is 4.77. The highest BCUT2D eigenvalue weighted by Gasteiger charge is 2.12. The first kappa shape index (κ1) is 10.9. The van der Waals surface area contributed by atoms with Crippen LogP contribution in [0, 0.1) is 0 Å². The third-order valence-corrected chi connectivity index (χ3v) is 2.03. The SMILES string of the molecule is O=C(O)c1nccnc1Nc1ccc(O)cc1. The molecule has 0 fully saturated rings. The molecule has 0 spiro atoms. The van der Waals surface area contributed by atoms with E-state index in [0.29, 0.717) is 5.69 Å². The second-order valence-corrected chi connectivity index (χ2v) is 3.23. The largest absolute Gasteiger partial charge is 0.508 e. The summed E-state index contributed by atoms with van der Waals surface area (Å²) in [5, 5.41) is 20.8. The number of aromatic carboxylic acids is 1. The van der Waals surface area contributed by atoms with Crippen LogP contribution in [0.4, 0.5) is 11.5 Å². The van der Waals surface area contributed by atoms with Gasteiger partial charge in [-0.3, -0.25) is 0 Å². The molecule has 1 heterocycles. The molecule has 0 unspecified atom stereocenters. The summed E-state index contributed by atoms with van der Waals surface area (Å²) in [7, 11) is 0. The highest BCUT2D eigenvalue weighted by Crippen LogP contribution is 2.19. The van der Waals surface area contributed by atoms with Crippen LogP contribution >= 0.6 is 0 Å². The zero-order valence-electron chi connectivity index (χ0n) is 8.66. The average molecular weight is 231 g/mol. The Kier molecular flexibility index (Phi) is 2.87. The van der Waals surface area contributed by atoms with Crippen LogP contribution in [0.15, 0.2) is 36.7 Å². The van der Waals surface area contributed by atoms with Gasteiger partial charge in [-0.25, -0.2) is 14.8 Å². The van der Waals surface area contributed by atoms with Gasteiger partial charge in [0.15, 0.2) is 11.5 Å². The van der Waals surface area contributed by atoms with E-state index in [-0.39, 0.29) is 17.3 Å². The van der Waals surface area contributed by atoms with Crippen molar-refractivity contribution in [2.24, 2.45) is 0 Å². The molecule has 6 nitrogen and oxygen atoms in total. The third kappa shape index (κ3) is 2.49. The molecule has 0 saturated carbocycles. The number of aromatic nitrogens is 2. The van der Waals surface area contributed by atoms with Gasteiger partial charge in [0, 0.05) is 18.1 Å². The highest BCUT2D eigenvalue weighted by molar-refractivity contribution is 5.91. The van der Waals surface area contributed by atoms with E-state index in [1.807, 2.05) is 0 Å². The smallest absolute Gasteiger partial charge is 0.358 e. The van der Waals surface area contributed by atoms with Gasteiger partial charge in [-0.05, 0) is 24.3 Å². The molecule has 0 saturated heterocycles. The van der Waals surface area contributed by atoms with Crippen LogP contribution in [0.25, 0.3) is 0 Å². The van der Waals surface area contributed by atoms with E-state index in [1.54, 1.807) is 12.1 Å². The van der Waals surface area contributed by atoms with Crippen LogP contribution in [-0.4, -0.2) is 26.2 Å². The lowest BCUT2D eigenvalue weighted by Crippen LogP contribution is -2.06. The molecular formula is C11H9N3O3. The van der Waals surface area contributed by atoms with Crippen molar-refractivity contribution < 1.29 is 15.0 Å². The lowest BCUT2D eigenvalue weighted by Gasteiger charge is -2.07. The van der Waals surface area contributed by atoms with Gasteiger partial charge < -0.3 is 15.5 Å². The molecule has 17 heavy (non-hydrogen) atoms. The number of carboxylic acids is 1. The van der Waals surface area contributed by atoms with Crippen LogP contribution in [0.1, 0.15) is 10.5 Å². The van der Waals surface area contributed by atoms with Gasteiger partial charge in [0.2, 0.25) is 0 Å². The van der Waals surface area contributed by atoms with E-state index in [0.717, 1.165) is 0 Å². The summed E-state index contributed by atoms with van der Waals surface area (Å²) < 4.78 is 0. The van der Waals surface area contributed by atoms with E-state index >= 15 is 0 Å². The van der Waals surface area contributed by atoms with Gasteiger partial charge >= 0.3 is 5.97 Å². The second kappa shape index (κ2) is 4.48. The lowest BCUT2D eigenvalue weighted by atomic mass is 10.3. The van der Waals surface area contributed by atoms with Crippen LogP contribution in [0.2, 0.25) is 0 Å². The van der Waals surface area contributed by atoms with Crippen molar-refractivity contribution in [1.82, 2.24) is 9.97 Å². The monoisotopic (exact) mass is 231 g/mol. The summed E-state index contributed by atoms with van der Waals surface area (Å²) in [6, 6.07) is 6.18. The Bertz CT molecular complexity index is 540. The Balaban J connectivity index is 2.30. The normalized spacial score (nSPS) is 9.88. The summed E-state index contributed by atoms with van der Waals surface area (Å²) in [5.41, 5.74) is 0.464. The quantitative estimate of drug-likeness (QED) is 0.695. The fraction of sp³-hybridized carbons (Fsp3) is 0. The summed E-state index contributed by atoms with van der Waals surface area (Å²) in [6.07, 6.45) is 2.71. The summed E-state index contributed by atoms with van der Waals surface area (Å²) in [5.74, 6) is -0.863. The molecule has 0 atom stereocenters. The lowest BCUT2D eigenvalue weighted by molar-refractivity contribution is 0.0691. The Morgan fingerprint density at radius 2 is 1.76 bits per heavy atom. The number of carbonyl (C=O) groups is 1. The number of nitrogens with zero attached hydrogens (tertiary/aromatic N) is 2. The Morgan fingerprint density at radius 3 is 2.41 bits per heavy atom. The number of hydrogen-bond acceptors (Lipinski definition) is 5.